The SMILES string of the molecule is C#Cc1cc(-c2c(C)cc(F)cc2C)c(F)c([C@H](CC(=O)O)NC(=O)[C@@H](CC(C)C)n2cc(CCn3cccn3)c(C(F)(F)F)cc2=O)c1F. The van der Waals surface area contributed by atoms with Crippen LogP contribution in [-0.2, 0) is 28.7 Å². The Bertz CT molecular complexity index is 1990. The average molecular weight is 701 g/mol. The van der Waals surface area contributed by atoms with Gasteiger partial charge in [0, 0.05) is 42.3 Å². The molecule has 0 unspecified atom stereocenters. The summed E-state index contributed by atoms with van der Waals surface area (Å²) in [6, 6.07) is 1.81. The highest BCUT2D eigenvalue weighted by molar-refractivity contribution is 5.82. The third-order valence-electron chi connectivity index (χ3n) is 8.17. The molecule has 0 spiro atoms. The van der Waals surface area contributed by atoms with Crippen molar-refractivity contribution >= 4 is 11.9 Å². The van der Waals surface area contributed by atoms with E-state index in [0.717, 1.165) is 29.0 Å². The Morgan fingerprint density at radius 3 is 2.26 bits per heavy atom. The number of aryl methyl sites for hydroxylation is 4. The predicted octanol–water partition coefficient (Wildman–Crippen LogP) is 6.91. The summed E-state index contributed by atoms with van der Waals surface area (Å²) in [6.45, 7) is 6.34. The molecule has 2 N–H and O–H groups in total. The van der Waals surface area contributed by atoms with E-state index < -0.39 is 76.3 Å². The van der Waals surface area contributed by atoms with Crippen LogP contribution in [0.1, 0.15) is 72.2 Å². The topological polar surface area (TPSA) is 106 Å². The van der Waals surface area contributed by atoms with Crippen molar-refractivity contribution in [3.8, 4) is 23.5 Å². The number of halogens is 6. The second-order valence-corrected chi connectivity index (χ2v) is 12.4. The fourth-order valence-corrected chi connectivity index (χ4v) is 6.01. The maximum absolute atomic E-state index is 16.4. The minimum absolute atomic E-state index is 0.00935. The van der Waals surface area contributed by atoms with Gasteiger partial charge in [0.05, 0.1) is 23.6 Å². The molecule has 0 aliphatic heterocycles. The van der Waals surface area contributed by atoms with Crippen molar-refractivity contribution in [3.63, 3.8) is 0 Å². The second-order valence-electron chi connectivity index (χ2n) is 12.4. The fourth-order valence-electron chi connectivity index (χ4n) is 6.01. The second kappa shape index (κ2) is 15.1. The number of carboxylic acid groups (broad SMARTS) is 1. The molecule has 2 heterocycles. The van der Waals surface area contributed by atoms with Gasteiger partial charge in [-0.3, -0.25) is 19.1 Å². The fraction of sp³-hybridized carbons (Fsp3) is 0.333. The van der Waals surface area contributed by atoms with Crippen molar-refractivity contribution in [2.75, 3.05) is 0 Å². The summed E-state index contributed by atoms with van der Waals surface area (Å²) in [5.41, 5.74) is -3.62. The van der Waals surface area contributed by atoms with E-state index in [1.54, 1.807) is 26.1 Å². The molecule has 0 bridgehead atoms. The van der Waals surface area contributed by atoms with Crippen molar-refractivity contribution in [2.24, 2.45) is 5.92 Å². The maximum atomic E-state index is 16.4. The van der Waals surface area contributed by atoms with E-state index >= 15 is 8.78 Å². The largest absolute Gasteiger partial charge is 0.481 e. The summed E-state index contributed by atoms with van der Waals surface area (Å²) < 4.78 is 90.7. The highest BCUT2D eigenvalue weighted by atomic mass is 19.4. The summed E-state index contributed by atoms with van der Waals surface area (Å²) in [7, 11) is 0. The van der Waals surface area contributed by atoms with Crippen LogP contribution in [0.5, 0.6) is 0 Å². The molecule has 0 aliphatic rings. The molecule has 14 heteroatoms. The number of amides is 1. The molecule has 0 saturated heterocycles. The lowest BCUT2D eigenvalue weighted by molar-refractivity contribution is -0.139. The zero-order chi connectivity index (χ0) is 37.1. The summed E-state index contributed by atoms with van der Waals surface area (Å²) in [4.78, 5) is 39.2. The molecular weight excluding hydrogens is 666 g/mol. The smallest absolute Gasteiger partial charge is 0.416 e. The predicted molar refractivity (Wildman–Crippen MR) is 172 cm³/mol. The zero-order valence-corrected chi connectivity index (χ0v) is 27.5. The number of carbonyl (C=O) groups is 2. The Morgan fingerprint density at radius 1 is 1.06 bits per heavy atom. The van der Waals surface area contributed by atoms with E-state index in [1.165, 1.54) is 24.7 Å². The summed E-state index contributed by atoms with van der Waals surface area (Å²) >= 11 is 0. The van der Waals surface area contributed by atoms with Crippen LogP contribution in [0.3, 0.4) is 0 Å². The maximum Gasteiger partial charge on any atom is 0.416 e. The highest BCUT2D eigenvalue weighted by Crippen LogP contribution is 2.38. The van der Waals surface area contributed by atoms with Gasteiger partial charge in [-0.25, -0.2) is 13.2 Å². The van der Waals surface area contributed by atoms with Gasteiger partial charge in [-0.2, -0.15) is 18.3 Å². The summed E-state index contributed by atoms with van der Waals surface area (Å²) in [5.74, 6) is -4.09. The van der Waals surface area contributed by atoms with Crippen molar-refractivity contribution in [2.45, 2.75) is 71.8 Å². The van der Waals surface area contributed by atoms with Gasteiger partial charge in [0.1, 0.15) is 23.5 Å². The third kappa shape index (κ3) is 8.27. The van der Waals surface area contributed by atoms with Crippen LogP contribution in [0.15, 0.2) is 53.7 Å². The van der Waals surface area contributed by atoms with E-state index in [1.807, 2.05) is 0 Å². The number of aliphatic carboxylic acids is 1. The molecule has 0 aliphatic carbocycles. The standard InChI is InChI=1S/C36H34F6N4O4/c1-6-22-15-25(31-20(4)13-24(37)14-21(31)5)34(39)32(33(22)38)27(17-30(48)49)44-35(50)28(12-19(2)3)46-18-23(8-11-45-10-7-9-43-45)26(16-29(46)47)36(40,41)42/h1,7,9-10,13-16,18-19,27-28H,8,11-12,17H2,2-5H3,(H,44,50)(H,48,49)/t27-,28+/m0/s1. The number of aromatic nitrogens is 3. The molecule has 0 saturated carbocycles. The van der Waals surface area contributed by atoms with E-state index in [9.17, 15) is 37.1 Å². The molecule has 2 atom stereocenters. The Labute approximate surface area is 283 Å². The van der Waals surface area contributed by atoms with E-state index in [4.69, 9.17) is 6.42 Å². The van der Waals surface area contributed by atoms with Crippen molar-refractivity contribution in [1.82, 2.24) is 19.7 Å². The normalized spacial score (nSPS) is 12.8. The number of rotatable bonds is 12. The number of nitrogens with one attached hydrogen (secondary N) is 1. The first-order chi connectivity index (χ1) is 23.4. The molecule has 264 valence electrons. The number of terminal acetylenes is 1. The number of carboxylic acids is 1. The summed E-state index contributed by atoms with van der Waals surface area (Å²) in [5, 5.41) is 16.1. The first-order valence-corrected chi connectivity index (χ1v) is 15.5. The summed E-state index contributed by atoms with van der Waals surface area (Å²) in [6.07, 6.45) is 3.14. The van der Waals surface area contributed by atoms with Crippen LogP contribution in [0, 0.1) is 49.6 Å². The quantitative estimate of drug-likeness (QED) is 0.124. The number of hydrogen-bond acceptors (Lipinski definition) is 4. The van der Waals surface area contributed by atoms with Crippen LogP contribution >= 0.6 is 0 Å². The highest BCUT2D eigenvalue weighted by Gasteiger charge is 2.36. The van der Waals surface area contributed by atoms with Crippen molar-refractivity contribution in [3.05, 3.63) is 110 Å². The van der Waals surface area contributed by atoms with Gasteiger partial charge in [-0.15, -0.1) is 6.42 Å². The van der Waals surface area contributed by atoms with E-state index in [-0.39, 0.29) is 53.1 Å². The Balaban J connectivity index is 1.85. The Morgan fingerprint density at radius 2 is 1.72 bits per heavy atom. The molecule has 2 aromatic heterocycles. The van der Waals surface area contributed by atoms with Gasteiger partial charge in [0.25, 0.3) is 5.56 Å². The average Bonchev–Trinajstić information content (AvgIpc) is 3.53. The monoisotopic (exact) mass is 700 g/mol. The number of pyridine rings is 1. The molecule has 4 aromatic rings. The molecule has 50 heavy (non-hydrogen) atoms. The molecule has 1 amide bonds. The molecule has 0 fully saturated rings. The molecule has 4 rings (SSSR count). The number of benzene rings is 2. The molecule has 2 aromatic carbocycles. The van der Waals surface area contributed by atoms with Crippen LogP contribution < -0.4 is 10.9 Å². The minimum atomic E-state index is -4.91. The van der Waals surface area contributed by atoms with Crippen LogP contribution in [-0.4, -0.2) is 31.3 Å². The third-order valence-corrected chi connectivity index (χ3v) is 8.17. The van der Waals surface area contributed by atoms with E-state index in [0.29, 0.717) is 6.07 Å². The first kappa shape index (κ1) is 37.5. The lowest BCUT2D eigenvalue weighted by Crippen LogP contribution is -2.41. The van der Waals surface area contributed by atoms with E-state index in [2.05, 4.69) is 16.3 Å². The lowest BCUT2D eigenvalue weighted by atomic mass is 9.89. The van der Waals surface area contributed by atoms with Crippen LogP contribution in [0.4, 0.5) is 26.3 Å². The Hall–Kier alpha value is -5.32. The minimum Gasteiger partial charge on any atom is -0.481 e. The number of carbonyl (C=O) groups excluding carboxylic acids is 1. The van der Waals surface area contributed by atoms with Gasteiger partial charge < -0.3 is 15.0 Å². The van der Waals surface area contributed by atoms with Gasteiger partial charge in [0.15, 0.2) is 0 Å². The lowest BCUT2D eigenvalue weighted by Gasteiger charge is -2.27. The molecule has 8 nitrogen and oxygen atoms in total. The Kier molecular flexibility index (Phi) is 11.3. The first-order valence-electron chi connectivity index (χ1n) is 15.5. The number of alkyl halides is 3. The van der Waals surface area contributed by atoms with Crippen molar-refractivity contribution < 1.29 is 41.0 Å². The van der Waals surface area contributed by atoms with Crippen molar-refractivity contribution in [1.29, 1.82) is 0 Å². The zero-order valence-electron chi connectivity index (χ0n) is 27.5. The number of nitrogens with zero attached hydrogens (tertiary/aromatic N) is 3. The number of hydrogen-bond donors (Lipinski definition) is 2. The van der Waals surface area contributed by atoms with Crippen LogP contribution in [0.2, 0.25) is 0 Å². The van der Waals surface area contributed by atoms with Crippen LogP contribution in [0.25, 0.3) is 11.1 Å². The molecule has 0 radical (unpaired) electrons. The van der Waals surface area contributed by atoms with Gasteiger partial charge in [-0.05, 0) is 79.1 Å². The van der Waals surface area contributed by atoms with Gasteiger partial charge >= 0.3 is 12.1 Å². The van der Waals surface area contributed by atoms with Gasteiger partial charge in [-0.1, -0.05) is 19.8 Å². The van der Waals surface area contributed by atoms with Gasteiger partial charge in [0.2, 0.25) is 5.91 Å². The molecular formula is C36H34F6N4O4.